The van der Waals surface area contributed by atoms with Crippen LogP contribution in [0.2, 0.25) is 19.1 Å². The summed E-state index contributed by atoms with van der Waals surface area (Å²) in [5.74, 6) is 0. The highest BCUT2D eigenvalue weighted by molar-refractivity contribution is 6.55. The van der Waals surface area contributed by atoms with Crippen molar-refractivity contribution in [3.63, 3.8) is 0 Å². The Morgan fingerprint density at radius 1 is 0.870 bits per heavy atom. The minimum atomic E-state index is -0.291. The molecule has 1 unspecified atom stereocenters. The van der Waals surface area contributed by atoms with Crippen LogP contribution in [0, 0.1) is 0 Å². The Morgan fingerprint density at radius 3 is 1.87 bits per heavy atom. The Hall–Kier alpha value is -0.343. The lowest BCUT2D eigenvalue weighted by Gasteiger charge is -2.26. The maximum Gasteiger partial charge on any atom is 0.0559 e. The van der Waals surface area contributed by atoms with Gasteiger partial charge < -0.3 is 5.32 Å². The molecule has 1 aliphatic rings. The highest BCUT2D eigenvalue weighted by Crippen LogP contribution is 2.33. The van der Waals surface area contributed by atoms with Crippen LogP contribution in [0.25, 0.3) is 0 Å². The van der Waals surface area contributed by atoms with Gasteiger partial charge in [0, 0.05) is 8.80 Å². The molecule has 1 N–H and O–H groups in total. The molecule has 134 valence electrons. The third-order valence-electron chi connectivity index (χ3n) is 5.64. The molecule has 0 amide bonds. The van der Waals surface area contributed by atoms with E-state index in [1.807, 2.05) is 0 Å². The van der Waals surface area contributed by atoms with Crippen LogP contribution >= 0.6 is 0 Å². The molecule has 0 aromatic carbocycles. The first-order valence-electron chi connectivity index (χ1n) is 9.99. The molecule has 0 bridgehead atoms. The fourth-order valence-corrected chi connectivity index (χ4v) is 4.71. The van der Waals surface area contributed by atoms with E-state index in [4.69, 9.17) is 0 Å². The zero-order valence-electron chi connectivity index (χ0n) is 16.7. The lowest BCUT2D eigenvalue weighted by atomic mass is 9.95. The fourth-order valence-electron chi connectivity index (χ4n) is 3.60. The Bertz CT molecular complexity index is 408. The Kier molecular flexibility index (Phi) is 9.46. The van der Waals surface area contributed by atoms with Crippen molar-refractivity contribution < 1.29 is 0 Å². The topological polar surface area (TPSA) is 12.0 Å². The largest absolute Gasteiger partial charge is 0.305 e. The van der Waals surface area contributed by atoms with Crippen LogP contribution < -0.4 is 5.32 Å². The second-order valence-corrected chi connectivity index (χ2v) is 11.6. The lowest BCUT2D eigenvalue weighted by Crippen LogP contribution is -2.41. The smallest absolute Gasteiger partial charge is 0.0559 e. The van der Waals surface area contributed by atoms with Crippen molar-refractivity contribution in [1.29, 1.82) is 0 Å². The van der Waals surface area contributed by atoms with E-state index in [-0.39, 0.29) is 14.3 Å². The van der Waals surface area contributed by atoms with Gasteiger partial charge in [-0.1, -0.05) is 75.7 Å². The van der Waals surface area contributed by atoms with E-state index in [1.54, 1.807) is 6.04 Å². The van der Waals surface area contributed by atoms with E-state index < -0.39 is 0 Å². The SMILES string of the molecule is CC1=CC(C)(NCCCCCCCCCC[SiH](C)C)C(C)=C1C. The molecule has 1 aliphatic carbocycles. The average molecular weight is 336 g/mol. The van der Waals surface area contributed by atoms with E-state index in [0.717, 1.165) is 6.54 Å². The van der Waals surface area contributed by atoms with E-state index in [0.29, 0.717) is 0 Å². The predicted octanol–water partition coefficient (Wildman–Crippen LogP) is 6.24. The maximum atomic E-state index is 3.77. The van der Waals surface area contributed by atoms with Crippen molar-refractivity contribution >= 4 is 8.80 Å². The van der Waals surface area contributed by atoms with E-state index >= 15 is 0 Å². The van der Waals surface area contributed by atoms with Gasteiger partial charge in [0.1, 0.15) is 0 Å². The highest BCUT2D eigenvalue weighted by Gasteiger charge is 2.29. The minimum Gasteiger partial charge on any atom is -0.305 e. The van der Waals surface area contributed by atoms with Gasteiger partial charge >= 0.3 is 0 Å². The average Bonchev–Trinajstić information content (AvgIpc) is 2.68. The molecule has 0 saturated heterocycles. The van der Waals surface area contributed by atoms with E-state index in [9.17, 15) is 0 Å². The van der Waals surface area contributed by atoms with Crippen molar-refractivity contribution in [2.24, 2.45) is 0 Å². The monoisotopic (exact) mass is 335 g/mol. The molecule has 23 heavy (non-hydrogen) atoms. The van der Waals surface area contributed by atoms with Gasteiger partial charge in [0.05, 0.1) is 5.54 Å². The minimum absolute atomic E-state index is 0.105. The molecule has 1 nitrogen and oxygen atoms in total. The Balaban J connectivity index is 1.99. The van der Waals surface area contributed by atoms with Crippen LogP contribution in [0.1, 0.15) is 79.1 Å². The summed E-state index contributed by atoms with van der Waals surface area (Å²) in [6, 6.07) is 1.55. The summed E-state index contributed by atoms with van der Waals surface area (Å²) in [5, 5.41) is 3.77. The molecule has 0 saturated carbocycles. The summed E-state index contributed by atoms with van der Waals surface area (Å²) >= 11 is 0. The van der Waals surface area contributed by atoms with Crippen molar-refractivity contribution in [2.45, 2.75) is 104 Å². The quantitative estimate of drug-likeness (QED) is 0.329. The number of hydrogen-bond donors (Lipinski definition) is 1. The second kappa shape index (κ2) is 10.5. The van der Waals surface area contributed by atoms with E-state index in [1.165, 1.54) is 68.1 Å². The number of nitrogens with one attached hydrogen (secondary N) is 1. The zero-order chi connectivity index (χ0) is 17.3. The molecule has 0 aromatic rings. The van der Waals surface area contributed by atoms with Crippen LogP contribution in [0.3, 0.4) is 0 Å². The number of hydrogen-bond acceptors (Lipinski definition) is 1. The van der Waals surface area contributed by atoms with Gasteiger partial charge in [-0.05, 0) is 51.8 Å². The predicted molar refractivity (Wildman–Crippen MR) is 109 cm³/mol. The molecule has 1 atom stereocenters. The number of rotatable bonds is 12. The van der Waals surface area contributed by atoms with Gasteiger partial charge in [-0.2, -0.15) is 0 Å². The third kappa shape index (κ3) is 7.39. The van der Waals surface area contributed by atoms with Gasteiger partial charge in [0.2, 0.25) is 0 Å². The van der Waals surface area contributed by atoms with Crippen molar-refractivity contribution in [3.05, 3.63) is 22.8 Å². The number of unbranched alkanes of at least 4 members (excludes halogenated alkanes) is 7. The van der Waals surface area contributed by atoms with Gasteiger partial charge in [-0.15, -0.1) is 0 Å². The molecule has 2 heteroatoms. The standard InChI is InChI=1S/C21H41NSi/c1-18-17-21(4,20(3)19(18)2)22-15-13-11-9-7-8-10-12-14-16-23(5)6/h17,22-23H,7-16H2,1-6H3. The lowest BCUT2D eigenvalue weighted by molar-refractivity contribution is 0.478. The van der Waals surface area contributed by atoms with E-state index in [2.05, 4.69) is 52.2 Å². The van der Waals surface area contributed by atoms with Gasteiger partial charge in [-0.25, -0.2) is 0 Å². The summed E-state index contributed by atoms with van der Waals surface area (Å²) in [4.78, 5) is 0. The maximum absolute atomic E-state index is 3.77. The normalized spacial score (nSPS) is 21.4. The number of allylic oxidation sites excluding steroid dienone is 2. The van der Waals surface area contributed by atoms with Gasteiger partial charge in [0.25, 0.3) is 0 Å². The van der Waals surface area contributed by atoms with Crippen LogP contribution in [0.4, 0.5) is 0 Å². The first kappa shape index (κ1) is 20.7. The fraction of sp³-hybridized carbons (Fsp3) is 0.810. The first-order chi connectivity index (χ1) is 10.9. The van der Waals surface area contributed by atoms with Crippen molar-refractivity contribution in [1.82, 2.24) is 5.32 Å². The van der Waals surface area contributed by atoms with Crippen LogP contribution in [0.5, 0.6) is 0 Å². The molecule has 0 spiro atoms. The van der Waals surface area contributed by atoms with Crippen LogP contribution in [-0.2, 0) is 0 Å². The van der Waals surface area contributed by atoms with Crippen LogP contribution in [0.15, 0.2) is 22.8 Å². The molecule has 0 radical (unpaired) electrons. The second-order valence-electron chi connectivity index (χ2n) is 8.22. The molecule has 0 heterocycles. The Labute approximate surface area is 147 Å². The third-order valence-corrected chi connectivity index (χ3v) is 7.20. The summed E-state index contributed by atoms with van der Waals surface area (Å²) in [6.45, 7) is 15.2. The van der Waals surface area contributed by atoms with Crippen molar-refractivity contribution in [2.75, 3.05) is 6.54 Å². The molecule has 0 fully saturated rings. The van der Waals surface area contributed by atoms with Gasteiger partial charge in [0.15, 0.2) is 0 Å². The zero-order valence-corrected chi connectivity index (χ0v) is 17.9. The summed E-state index contributed by atoms with van der Waals surface area (Å²) in [7, 11) is -0.291. The van der Waals surface area contributed by atoms with Crippen LogP contribution in [-0.4, -0.2) is 20.9 Å². The molecular formula is C21H41NSi. The first-order valence-corrected chi connectivity index (χ1v) is 13.1. The molecule has 0 aliphatic heterocycles. The summed E-state index contributed by atoms with van der Waals surface area (Å²) in [6.07, 6.45) is 13.8. The van der Waals surface area contributed by atoms with Crippen molar-refractivity contribution in [3.8, 4) is 0 Å². The Morgan fingerprint density at radius 2 is 1.39 bits per heavy atom. The summed E-state index contributed by atoms with van der Waals surface area (Å²) < 4.78 is 0. The highest BCUT2D eigenvalue weighted by atomic mass is 28.3. The molecular weight excluding hydrogens is 294 g/mol. The molecule has 0 aromatic heterocycles. The summed E-state index contributed by atoms with van der Waals surface area (Å²) in [5.41, 5.74) is 4.52. The van der Waals surface area contributed by atoms with Gasteiger partial charge in [-0.3, -0.25) is 0 Å². The molecule has 1 rings (SSSR count).